The van der Waals surface area contributed by atoms with E-state index in [0.717, 1.165) is 33.6 Å². The molecule has 3 aromatic carbocycles. The van der Waals surface area contributed by atoms with Crippen LogP contribution in [-0.2, 0) is 11.4 Å². The van der Waals surface area contributed by atoms with E-state index < -0.39 is 10.8 Å². The van der Waals surface area contributed by atoms with Gasteiger partial charge in [0, 0.05) is 29.8 Å². The molecule has 0 aromatic heterocycles. The summed E-state index contributed by atoms with van der Waals surface area (Å²) in [6.45, 7) is 6.33. The number of anilines is 1. The number of ketones is 1. The number of ether oxygens (including phenoxy) is 1. The number of allylic oxidation sites excluding steroid dienone is 3. The number of rotatable bonds is 6. The number of carbonyl (C=O) groups excluding carboxylic acids is 1. The van der Waals surface area contributed by atoms with Gasteiger partial charge in [-0.15, -0.1) is 0 Å². The molecule has 5 rings (SSSR count). The molecule has 2 aliphatic rings. The monoisotopic (exact) mass is 534 g/mol. The number of non-ortho nitro benzene ring substituents is 1. The molecule has 0 saturated carbocycles. The first-order chi connectivity index (χ1) is 19.2. The van der Waals surface area contributed by atoms with Crippen LogP contribution in [0.2, 0.25) is 0 Å². The molecule has 1 unspecified atom stereocenters. The fraction of sp³-hybridized carbons (Fsp3) is 0.250. The molecule has 1 heterocycles. The van der Waals surface area contributed by atoms with Crippen molar-refractivity contribution >= 4 is 17.2 Å². The van der Waals surface area contributed by atoms with Gasteiger partial charge in [-0.1, -0.05) is 35.9 Å². The van der Waals surface area contributed by atoms with E-state index in [0.29, 0.717) is 42.8 Å². The van der Waals surface area contributed by atoms with Crippen LogP contribution in [0.25, 0.3) is 0 Å². The molecule has 202 valence electrons. The summed E-state index contributed by atoms with van der Waals surface area (Å²) in [7, 11) is 0. The Hall–Kier alpha value is -4.90. The van der Waals surface area contributed by atoms with E-state index in [2.05, 4.69) is 12.1 Å². The van der Waals surface area contributed by atoms with Crippen molar-refractivity contribution in [1.82, 2.24) is 0 Å². The molecule has 0 spiro atoms. The Balaban J connectivity index is 1.63. The Bertz CT molecular complexity index is 1630. The molecule has 3 aromatic rings. The van der Waals surface area contributed by atoms with Gasteiger partial charge >= 0.3 is 0 Å². The third kappa shape index (κ3) is 4.82. The minimum absolute atomic E-state index is 0.0423. The maximum Gasteiger partial charge on any atom is 0.271 e. The second kappa shape index (κ2) is 10.7. The molecule has 8 nitrogen and oxygen atoms in total. The van der Waals surface area contributed by atoms with E-state index in [4.69, 9.17) is 10.5 Å². The van der Waals surface area contributed by atoms with Gasteiger partial charge in [0.25, 0.3) is 5.69 Å². The van der Waals surface area contributed by atoms with Crippen LogP contribution < -0.4 is 15.4 Å². The molecule has 0 radical (unpaired) electrons. The van der Waals surface area contributed by atoms with Crippen molar-refractivity contribution in [2.24, 2.45) is 5.73 Å². The fourth-order valence-corrected chi connectivity index (χ4v) is 5.62. The lowest BCUT2D eigenvalue weighted by atomic mass is 9.74. The standard InChI is InChI=1S/C32H30N4O4/c1-19-10-12-25(13-11-19)40-18-22-15-26(21(3)14-20(22)2)30-27(17-33)32(34)35(28-8-5-9-29(37)31(28)30)23-6-4-7-24(16-23)36(38)39/h4,6-7,10-16,30H,5,8-9,18,34H2,1-3H3. The summed E-state index contributed by atoms with van der Waals surface area (Å²) in [5.41, 5.74) is 13.4. The average Bonchev–Trinajstić information content (AvgIpc) is 2.93. The number of nitriles is 1. The highest BCUT2D eigenvalue weighted by Crippen LogP contribution is 2.47. The minimum atomic E-state index is -0.638. The summed E-state index contributed by atoms with van der Waals surface area (Å²) < 4.78 is 6.07. The van der Waals surface area contributed by atoms with E-state index >= 15 is 0 Å². The summed E-state index contributed by atoms with van der Waals surface area (Å²) in [4.78, 5) is 26.2. The number of hydrogen-bond donors (Lipinski definition) is 1. The van der Waals surface area contributed by atoms with Crippen LogP contribution >= 0.6 is 0 Å². The van der Waals surface area contributed by atoms with E-state index in [1.807, 2.05) is 51.1 Å². The highest BCUT2D eigenvalue weighted by molar-refractivity contribution is 6.01. The molecule has 8 heteroatoms. The van der Waals surface area contributed by atoms with E-state index in [1.54, 1.807) is 17.0 Å². The summed E-state index contributed by atoms with van der Waals surface area (Å²) in [5.74, 6) is 0.256. The van der Waals surface area contributed by atoms with Gasteiger partial charge in [0.05, 0.1) is 28.2 Å². The van der Waals surface area contributed by atoms with Crippen molar-refractivity contribution in [3.8, 4) is 11.8 Å². The molecule has 1 aliphatic carbocycles. The van der Waals surface area contributed by atoms with Crippen molar-refractivity contribution in [1.29, 1.82) is 5.26 Å². The van der Waals surface area contributed by atoms with Crippen LogP contribution in [0.4, 0.5) is 11.4 Å². The number of nitrogens with two attached hydrogens (primary N) is 1. The molecular formula is C32H30N4O4. The summed E-state index contributed by atoms with van der Waals surface area (Å²) in [5, 5.41) is 21.9. The number of nitro benzene ring substituents is 1. The Labute approximate surface area is 233 Å². The summed E-state index contributed by atoms with van der Waals surface area (Å²) in [6.07, 6.45) is 1.56. The molecule has 0 saturated heterocycles. The van der Waals surface area contributed by atoms with Gasteiger partial charge in [0.2, 0.25) is 0 Å². The van der Waals surface area contributed by atoms with Crippen LogP contribution in [0.1, 0.15) is 53.0 Å². The number of nitrogens with zero attached hydrogens (tertiary/aromatic N) is 3. The number of nitro groups is 1. The van der Waals surface area contributed by atoms with E-state index in [1.165, 1.54) is 12.1 Å². The highest BCUT2D eigenvalue weighted by Gasteiger charge is 2.41. The largest absolute Gasteiger partial charge is 0.489 e. The molecule has 40 heavy (non-hydrogen) atoms. The van der Waals surface area contributed by atoms with Gasteiger partial charge < -0.3 is 10.5 Å². The zero-order valence-corrected chi connectivity index (χ0v) is 22.7. The Morgan fingerprint density at radius 2 is 1.82 bits per heavy atom. The van der Waals surface area contributed by atoms with Crippen LogP contribution in [-0.4, -0.2) is 10.7 Å². The predicted molar refractivity (Wildman–Crippen MR) is 152 cm³/mol. The zero-order valence-electron chi connectivity index (χ0n) is 22.7. The lowest BCUT2D eigenvalue weighted by Gasteiger charge is -2.40. The molecule has 1 aliphatic heterocycles. The third-order valence-electron chi connectivity index (χ3n) is 7.66. The second-order valence-corrected chi connectivity index (χ2v) is 10.3. The number of Topliss-reactive ketones (excluding diaryl/α,β-unsaturated/α-hetero) is 1. The van der Waals surface area contributed by atoms with Gasteiger partial charge in [-0.05, 0) is 74.1 Å². The Morgan fingerprint density at radius 3 is 2.52 bits per heavy atom. The molecular weight excluding hydrogens is 504 g/mol. The maximum absolute atomic E-state index is 13.5. The second-order valence-electron chi connectivity index (χ2n) is 10.3. The van der Waals surface area contributed by atoms with Gasteiger partial charge in [-0.3, -0.25) is 19.8 Å². The van der Waals surface area contributed by atoms with Crippen LogP contribution in [0.5, 0.6) is 5.75 Å². The minimum Gasteiger partial charge on any atom is -0.489 e. The first-order valence-electron chi connectivity index (χ1n) is 13.2. The van der Waals surface area contributed by atoms with Crippen molar-refractivity contribution in [2.75, 3.05) is 4.90 Å². The van der Waals surface area contributed by atoms with Crippen LogP contribution in [0.15, 0.2) is 83.3 Å². The third-order valence-corrected chi connectivity index (χ3v) is 7.66. The van der Waals surface area contributed by atoms with Gasteiger partial charge in [0.1, 0.15) is 18.2 Å². The summed E-state index contributed by atoms with van der Waals surface area (Å²) >= 11 is 0. The number of hydrogen-bond acceptors (Lipinski definition) is 7. The molecule has 2 N–H and O–H groups in total. The quantitative estimate of drug-likeness (QED) is 0.287. The molecule has 0 amide bonds. The smallest absolute Gasteiger partial charge is 0.271 e. The number of benzene rings is 3. The lowest BCUT2D eigenvalue weighted by Crippen LogP contribution is -2.39. The zero-order chi connectivity index (χ0) is 28.6. The van der Waals surface area contributed by atoms with Gasteiger partial charge in [-0.2, -0.15) is 5.26 Å². The van der Waals surface area contributed by atoms with E-state index in [9.17, 15) is 20.2 Å². The van der Waals surface area contributed by atoms with Gasteiger partial charge in [-0.25, -0.2) is 0 Å². The Morgan fingerprint density at radius 1 is 1.07 bits per heavy atom. The first-order valence-corrected chi connectivity index (χ1v) is 13.2. The van der Waals surface area contributed by atoms with Gasteiger partial charge in [0.15, 0.2) is 5.78 Å². The number of carbonyl (C=O) groups is 1. The van der Waals surface area contributed by atoms with E-state index in [-0.39, 0.29) is 22.9 Å². The SMILES string of the molecule is Cc1ccc(OCc2cc(C3C(C#N)=C(N)N(c4cccc([N+](=O)[O-])c4)C4=C3C(=O)CCC4)c(C)cc2C)cc1. The highest BCUT2D eigenvalue weighted by atomic mass is 16.6. The number of aryl methyl sites for hydroxylation is 3. The average molecular weight is 535 g/mol. The van der Waals surface area contributed by atoms with Crippen molar-refractivity contribution in [3.63, 3.8) is 0 Å². The Kier molecular flexibility index (Phi) is 7.14. The maximum atomic E-state index is 13.5. The first kappa shape index (κ1) is 26.7. The molecule has 0 fully saturated rings. The van der Waals surface area contributed by atoms with Crippen molar-refractivity contribution in [2.45, 2.75) is 52.6 Å². The predicted octanol–water partition coefficient (Wildman–Crippen LogP) is 6.40. The molecule has 0 bridgehead atoms. The van der Waals surface area contributed by atoms with Crippen LogP contribution in [0.3, 0.4) is 0 Å². The van der Waals surface area contributed by atoms with Crippen molar-refractivity contribution < 1.29 is 14.5 Å². The fourth-order valence-electron chi connectivity index (χ4n) is 5.62. The topological polar surface area (TPSA) is 122 Å². The normalized spacial score (nSPS) is 17.0. The summed E-state index contributed by atoms with van der Waals surface area (Å²) in [6, 6.07) is 20.3. The molecule has 1 atom stereocenters. The van der Waals surface area contributed by atoms with Crippen molar-refractivity contribution in [3.05, 3.63) is 121 Å². The lowest BCUT2D eigenvalue weighted by molar-refractivity contribution is -0.384. The van der Waals surface area contributed by atoms with Crippen LogP contribution in [0, 0.1) is 42.2 Å².